The van der Waals surface area contributed by atoms with Crippen molar-refractivity contribution in [3.05, 3.63) is 70.5 Å². The third kappa shape index (κ3) is 5.01. The van der Waals surface area contributed by atoms with Crippen LogP contribution < -0.4 is 10.2 Å². The maximum atomic E-state index is 14.5. The maximum absolute atomic E-state index is 14.5. The molecule has 1 aliphatic heterocycles. The third-order valence-electron chi connectivity index (χ3n) is 5.03. The van der Waals surface area contributed by atoms with Gasteiger partial charge in [0.25, 0.3) is 5.89 Å². The summed E-state index contributed by atoms with van der Waals surface area (Å²) in [5.41, 5.74) is -0.0110. The number of nitro groups is 1. The van der Waals surface area contributed by atoms with E-state index >= 15 is 0 Å². The van der Waals surface area contributed by atoms with Crippen LogP contribution in [0.5, 0.6) is 0 Å². The molecule has 12 nitrogen and oxygen atoms in total. The van der Waals surface area contributed by atoms with Crippen LogP contribution in [0.2, 0.25) is 0 Å². The number of halogens is 1. The third-order valence-corrected chi connectivity index (χ3v) is 6.14. The standard InChI is InChI=1S/C21H20FN7O5S/c1-12(2)18-26-21(34-27-18)13-6-8-28(9-7-13)20-17(29(30)31)19(23-11-24-20)25-16-5-4-14(10-15(16)22)35(3,32)33/h4-8,10-12H,9H2,1-3H3,(H,23,24,25). The number of nitrogens with zero attached hydrogens (tertiary/aromatic N) is 6. The second-order valence-corrected chi connectivity index (χ2v) is 9.95. The van der Waals surface area contributed by atoms with Gasteiger partial charge in [0.1, 0.15) is 12.1 Å². The molecule has 0 saturated heterocycles. The molecular weight excluding hydrogens is 481 g/mol. The molecule has 0 bridgehead atoms. The van der Waals surface area contributed by atoms with E-state index in [9.17, 15) is 22.9 Å². The smallest absolute Gasteiger partial charge is 0.334 e. The summed E-state index contributed by atoms with van der Waals surface area (Å²) in [4.78, 5) is 24.8. The Morgan fingerprint density at radius 2 is 2.06 bits per heavy atom. The van der Waals surface area contributed by atoms with Crippen molar-refractivity contribution >= 4 is 38.4 Å². The van der Waals surface area contributed by atoms with Crippen molar-refractivity contribution in [3.8, 4) is 0 Å². The zero-order chi connectivity index (χ0) is 25.3. The lowest BCUT2D eigenvalue weighted by Crippen LogP contribution is -2.21. The van der Waals surface area contributed by atoms with Gasteiger partial charge >= 0.3 is 5.69 Å². The summed E-state index contributed by atoms with van der Waals surface area (Å²) in [6.07, 6.45) is 7.04. The zero-order valence-corrected chi connectivity index (χ0v) is 19.7. The summed E-state index contributed by atoms with van der Waals surface area (Å²) >= 11 is 0. The average Bonchev–Trinajstić information content (AvgIpc) is 3.30. The second-order valence-electron chi connectivity index (χ2n) is 7.93. The van der Waals surface area contributed by atoms with Gasteiger partial charge in [-0.3, -0.25) is 10.1 Å². The molecule has 3 heterocycles. The number of sulfone groups is 1. The topological polar surface area (TPSA) is 157 Å². The van der Waals surface area contributed by atoms with Crippen LogP contribution in [-0.4, -0.2) is 46.3 Å². The molecule has 182 valence electrons. The minimum Gasteiger partial charge on any atom is -0.334 e. The van der Waals surface area contributed by atoms with Crippen LogP contribution in [0, 0.1) is 15.9 Å². The summed E-state index contributed by atoms with van der Waals surface area (Å²) in [5.74, 6) is -0.201. The van der Waals surface area contributed by atoms with Crippen LogP contribution in [-0.2, 0) is 9.84 Å². The Hall–Kier alpha value is -4.20. The Bertz CT molecular complexity index is 1470. The highest BCUT2D eigenvalue weighted by Crippen LogP contribution is 2.35. The lowest BCUT2D eigenvalue weighted by Gasteiger charge is -2.21. The Morgan fingerprint density at radius 1 is 1.29 bits per heavy atom. The molecule has 0 radical (unpaired) electrons. The SMILES string of the molecule is CC(C)c1noc(C2=CCN(c3ncnc(Nc4ccc(S(C)(=O)=O)cc4F)c3[N+](=O)[O-])C=C2)n1. The Kier molecular flexibility index (Phi) is 6.30. The molecule has 0 unspecified atom stereocenters. The van der Waals surface area contributed by atoms with Crippen molar-refractivity contribution < 1.29 is 22.3 Å². The molecule has 0 atom stereocenters. The van der Waals surface area contributed by atoms with E-state index in [1.807, 2.05) is 13.8 Å². The molecule has 1 aromatic carbocycles. The number of hydrogen-bond acceptors (Lipinski definition) is 11. The maximum Gasteiger partial charge on any atom is 0.354 e. The van der Waals surface area contributed by atoms with Gasteiger partial charge in [-0.25, -0.2) is 22.8 Å². The van der Waals surface area contributed by atoms with Gasteiger partial charge in [0, 0.05) is 30.5 Å². The molecule has 0 aliphatic carbocycles. The van der Waals surface area contributed by atoms with Crippen LogP contribution in [0.4, 0.5) is 27.4 Å². The highest BCUT2D eigenvalue weighted by atomic mass is 32.2. The quantitative estimate of drug-likeness (QED) is 0.372. The normalized spacial score (nSPS) is 13.7. The van der Waals surface area contributed by atoms with Crippen molar-refractivity contribution in [1.82, 2.24) is 20.1 Å². The van der Waals surface area contributed by atoms with Crippen LogP contribution >= 0.6 is 0 Å². The molecule has 3 aromatic rings. The van der Waals surface area contributed by atoms with Gasteiger partial charge in [0.05, 0.1) is 15.5 Å². The van der Waals surface area contributed by atoms with E-state index in [4.69, 9.17) is 4.52 Å². The summed E-state index contributed by atoms with van der Waals surface area (Å²) in [6, 6.07) is 3.19. The van der Waals surface area contributed by atoms with E-state index in [2.05, 4.69) is 25.4 Å². The van der Waals surface area contributed by atoms with Gasteiger partial charge in [-0.15, -0.1) is 0 Å². The number of benzene rings is 1. The van der Waals surface area contributed by atoms with Crippen LogP contribution in [0.1, 0.15) is 31.5 Å². The van der Waals surface area contributed by atoms with E-state index in [-0.39, 0.29) is 34.7 Å². The zero-order valence-electron chi connectivity index (χ0n) is 18.8. The highest BCUT2D eigenvalue weighted by molar-refractivity contribution is 7.90. The van der Waals surface area contributed by atoms with E-state index in [1.54, 1.807) is 18.4 Å². The van der Waals surface area contributed by atoms with Gasteiger partial charge < -0.3 is 14.7 Å². The monoisotopic (exact) mass is 501 g/mol. The van der Waals surface area contributed by atoms with E-state index < -0.39 is 26.3 Å². The predicted molar refractivity (Wildman–Crippen MR) is 124 cm³/mol. The van der Waals surface area contributed by atoms with E-state index in [0.29, 0.717) is 17.3 Å². The van der Waals surface area contributed by atoms with Crippen molar-refractivity contribution in [2.24, 2.45) is 0 Å². The molecule has 2 aromatic heterocycles. The van der Waals surface area contributed by atoms with E-state index in [0.717, 1.165) is 18.6 Å². The number of aromatic nitrogens is 4. The first-order chi connectivity index (χ1) is 16.5. The van der Waals surface area contributed by atoms with Gasteiger partial charge in [-0.2, -0.15) is 4.98 Å². The molecular formula is C21H20FN7O5S. The van der Waals surface area contributed by atoms with Gasteiger partial charge in [0.15, 0.2) is 15.7 Å². The molecule has 0 fully saturated rings. The van der Waals surface area contributed by atoms with Crippen LogP contribution in [0.3, 0.4) is 0 Å². The van der Waals surface area contributed by atoms with Gasteiger partial charge in [0.2, 0.25) is 11.6 Å². The molecule has 0 spiro atoms. The fourth-order valence-electron chi connectivity index (χ4n) is 3.19. The summed E-state index contributed by atoms with van der Waals surface area (Å²) in [7, 11) is -3.62. The molecule has 4 rings (SSSR count). The molecule has 14 heteroatoms. The first-order valence-corrected chi connectivity index (χ1v) is 12.2. The minimum absolute atomic E-state index is 0.0272. The van der Waals surface area contributed by atoms with Crippen LogP contribution in [0.25, 0.3) is 5.57 Å². The fraction of sp³-hybridized carbons (Fsp3) is 0.238. The largest absolute Gasteiger partial charge is 0.354 e. The minimum atomic E-state index is -3.62. The Labute approximate surface area is 199 Å². The van der Waals surface area contributed by atoms with Crippen molar-refractivity contribution in [1.29, 1.82) is 0 Å². The number of anilines is 3. The van der Waals surface area contributed by atoms with Gasteiger partial charge in [-0.05, 0) is 24.3 Å². The number of rotatable bonds is 7. The molecule has 1 aliphatic rings. The average molecular weight is 502 g/mol. The molecule has 35 heavy (non-hydrogen) atoms. The summed E-state index contributed by atoms with van der Waals surface area (Å²) in [6.45, 7) is 4.08. The number of allylic oxidation sites excluding steroid dienone is 2. The molecule has 1 N–H and O–H groups in total. The summed E-state index contributed by atoms with van der Waals surface area (Å²) < 4.78 is 43.1. The van der Waals surface area contributed by atoms with Crippen molar-refractivity contribution in [2.45, 2.75) is 24.7 Å². The lowest BCUT2D eigenvalue weighted by molar-refractivity contribution is -0.383. The van der Waals surface area contributed by atoms with Gasteiger partial charge in [-0.1, -0.05) is 25.1 Å². The highest BCUT2D eigenvalue weighted by Gasteiger charge is 2.28. The van der Waals surface area contributed by atoms with Crippen LogP contribution in [0.15, 0.2) is 52.3 Å². The predicted octanol–water partition coefficient (Wildman–Crippen LogP) is 3.59. The lowest BCUT2D eigenvalue weighted by atomic mass is 10.1. The number of nitrogens with one attached hydrogen (secondary N) is 1. The second kappa shape index (κ2) is 9.21. The van der Waals surface area contributed by atoms with E-state index in [1.165, 1.54) is 17.0 Å². The molecule has 0 amide bonds. The van der Waals surface area contributed by atoms with Crippen molar-refractivity contribution in [2.75, 3.05) is 23.0 Å². The Morgan fingerprint density at radius 3 is 2.63 bits per heavy atom. The number of hydrogen-bond donors (Lipinski definition) is 1. The first kappa shape index (κ1) is 23.9. The summed E-state index contributed by atoms with van der Waals surface area (Å²) in [5, 5.41) is 18.4. The fourth-order valence-corrected chi connectivity index (χ4v) is 3.83. The van der Waals surface area contributed by atoms with Crippen molar-refractivity contribution in [3.63, 3.8) is 0 Å². The molecule has 0 saturated carbocycles. The Balaban J connectivity index is 1.62. The first-order valence-electron chi connectivity index (χ1n) is 10.3.